The molecule has 0 heterocycles. The molecule has 0 saturated heterocycles. The average Bonchev–Trinajstić information content (AvgIpc) is 1.35. The normalized spacial score (nSPS) is 8.43. The van der Waals surface area contributed by atoms with Crippen LogP contribution in [0.25, 0.3) is 0 Å². The van der Waals surface area contributed by atoms with Gasteiger partial charge in [0, 0.05) is 0 Å². The van der Waals surface area contributed by atoms with Gasteiger partial charge in [-0.2, -0.15) is 8.78 Å². The van der Waals surface area contributed by atoms with E-state index >= 15 is 0 Å². The van der Waals surface area contributed by atoms with E-state index in [1.807, 2.05) is 0 Å². The number of rotatable bonds is 2. The van der Waals surface area contributed by atoms with Crippen molar-refractivity contribution < 1.29 is 17.2 Å². The van der Waals surface area contributed by atoms with E-state index in [2.05, 4.69) is 4.18 Å². The maximum atomic E-state index is 10.6. The van der Waals surface area contributed by atoms with E-state index in [9.17, 15) is 8.78 Å². The summed E-state index contributed by atoms with van der Waals surface area (Å²) in [6, 6.07) is 0. The molecule has 6 heteroatoms. The topological polar surface area (TPSA) is 26.3 Å². The molecule has 7 heavy (non-hydrogen) atoms. The summed E-state index contributed by atoms with van der Waals surface area (Å²) in [6.45, 7) is -2.93. The Morgan fingerprint density at radius 2 is 2.00 bits per heavy atom. The average molecular weight is 140 g/mol. The molecule has 0 aromatic heterocycles. The van der Waals surface area contributed by atoms with Crippen LogP contribution in [0.2, 0.25) is 0 Å². The molecule has 0 fully saturated rings. The van der Waals surface area contributed by atoms with Gasteiger partial charge >= 0.3 is 36.2 Å². The second-order valence-electron chi connectivity index (χ2n) is 0.441. The van der Waals surface area contributed by atoms with Gasteiger partial charge in [0.05, 0.1) is 0 Å². The van der Waals surface area contributed by atoms with Crippen LogP contribution < -0.4 is 0 Å². The molecule has 0 spiro atoms. The van der Waals surface area contributed by atoms with Crippen molar-refractivity contribution in [2.75, 3.05) is 0 Å². The molecule has 0 aromatic carbocycles. The van der Waals surface area contributed by atoms with Gasteiger partial charge in [0.25, 0.3) is 0 Å². The number of hydrogen-bond donors (Lipinski definition) is 1. The third-order valence-corrected chi connectivity index (χ3v) is 0.368. The van der Waals surface area contributed by atoms with Crippen molar-refractivity contribution in [1.82, 2.24) is 0 Å². The fourth-order valence-corrected chi connectivity index (χ4v) is 0.0976. The molecule has 2 nitrogen and oxygen atoms in total. The Labute approximate surface area is 65.2 Å². The van der Waals surface area contributed by atoms with Crippen molar-refractivity contribution in [2.24, 2.45) is 0 Å². The summed E-state index contributed by atoms with van der Waals surface area (Å²) in [4.78, 5) is 0. The fraction of sp³-hybridized carbons (Fsp3) is 1.00. The molecule has 0 saturated carbocycles. The van der Waals surface area contributed by atoms with E-state index < -0.39 is 18.6 Å². The quantitative estimate of drug-likeness (QED) is 0.411. The Morgan fingerprint density at radius 3 is 2.00 bits per heavy atom. The molecule has 0 bridgehead atoms. The Bertz CT molecular complexity index is 51.0. The first kappa shape index (κ1) is 10.9. The zero-order valence-corrected chi connectivity index (χ0v) is 3.49. The minimum atomic E-state index is -2.93. The summed E-state index contributed by atoms with van der Waals surface area (Å²) < 4.78 is 33.3. The molecule has 0 rings (SSSR count). The second-order valence-corrected chi connectivity index (χ2v) is 0.800. The first-order valence-electron chi connectivity index (χ1n) is 1.04. The molecule has 0 radical (unpaired) electrons. The van der Waals surface area contributed by atoms with Crippen LogP contribution in [0.15, 0.2) is 0 Å². The van der Waals surface area contributed by atoms with Crippen LogP contribution in [0.1, 0.15) is 0 Å². The molecule has 0 atom stereocenters. The van der Waals surface area contributed by atoms with Gasteiger partial charge in [0.15, 0.2) is 0 Å². The van der Waals surface area contributed by atoms with Crippen LogP contribution in [0, 0.1) is 0 Å². The SMILES string of the molecule is O=[SH]OC(F)F.[NaH]. The third-order valence-electron chi connectivity index (χ3n) is 0.123. The molecular weight excluding hydrogens is 137 g/mol. The number of halogens is 2. The van der Waals surface area contributed by atoms with Crippen LogP contribution in [0.4, 0.5) is 8.78 Å². The third kappa shape index (κ3) is 10.9. The fourth-order valence-electron chi connectivity index (χ4n) is 0.0325. The van der Waals surface area contributed by atoms with Gasteiger partial charge in [-0.25, -0.2) is 8.39 Å². The summed E-state index contributed by atoms with van der Waals surface area (Å²) in [5.41, 5.74) is 0. The van der Waals surface area contributed by atoms with Gasteiger partial charge < -0.3 is 0 Å². The van der Waals surface area contributed by atoms with Gasteiger partial charge in [-0.3, -0.25) is 0 Å². The molecule has 0 unspecified atom stereocenters. The van der Waals surface area contributed by atoms with Crippen molar-refractivity contribution in [3.05, 3.63) is 0 Å². The summed E-state index contributed by atoms with van der Waals surface area (Å²) >= 11 is -0.976. The molecule has 0 amide bonds. The van der Waals surface area contributed by atoms with E-state index in [0.29, 0.717) is 0 Å². The van der Waals surface area contributed by atoms with E-state index in [0.717, 1.165) is 0 Å². The predicted octanol–water partition coefficient (Wildman–Crippen LogP) is -0.563. The molecule has 40 valence electrons. The molecular formula is CH3F2NaO2S. The Hall–Kier alpha value is 0.970. The summed E-state index contributed by atoms with van der Waals surface area (Å²) in [6.07, 6.45) is 0. The number of thiol groups is 1. The van der Waals surface area contributed by atoms with Crippen molar-refractivity contribution in [2.45, 2.75) is 6.61 Å². The van der Waals surface area contributed by atoms with Gasteiger partial charge in [-0.05, 0) is 0 Å². The molecule has 0 aliphatic heterocycles. The van der Waals surface area contributed by atoms with Gasteiger partial charge in [-0.15, -0.1) is 0 Å². The molecule has 0 N–H and O–H groups in total. The summed E-state index contributed by atoms with van der Waals surface area (Å²) in [5.74, 6) is 0. The first-order valence-corrected chi connectivity index (χ1v) is 1.77. The van der Waals surface area contributed by atoms with Gasteiger partial charge in [0.2, 0.25) is 0 Å². The van der Waals surface area contributed by atoms with E-state index in [1.54, 1.807) is 0 Å². The standard InChI is InChI=1S/CH2F2O2S.Na.H/c2-1(3)5-6-4;;/h1,6H;;. The molecule has 0 aliphatic carbocycles. The monoisotopic (exact) mass is 140 g/mol. The van der Waals surface area contributed by atoms with E-state index in [-0.39, 0.29) is 29.6 Å². The number of hydrogen-bond acceptors (Lipinski definition) is 2. The zero-order valence-electron chi connectivity index (χ0n) is 2.60. The van der Waals surface area contributed by atoms with Crippen molar-refractivity contribution in [3.8, 4) is 0 Å². The maximum absolute atomic E-state index is 10.6. The molecule has 0 aliphatic rings. The minimum absolute atomic E-state index is 0. The zero-order chi connectivity index (χ0) is 4.99. The van der Waals surface area contributed by atoms with E-state index in [4.69, 9.17) is 4.21 Å². The number of alkyl halides is 2. The van der Waals surface area contributed by atoms with Crippen molar-refractivity contribution >= 4 is 41.5 Å². The van der Waals surface area contributed by atoms with Crippen LogP contribution in [0.3, 0.4) is 0 Å². The Kier molecular flexibility index (Phi) is 10.8. The Morgan fingerprint density at radius 1 is 1.57 bits per heavy atom. The first-order chi connectivity index (χ1) is 2.77. The summed E-state index contributed by atoms with van der Waals surface area (Å²) in [7, 11) is 0. The van der Waals surface area contributed by atoms with Crippen LogP contribution in [-0.2, 0) is 16.1 Å². The summed E-state index contributed by atoms with van der Waals surface area (Å²) in [5, 5.41) is 0. The second kappa shape index (κ2) is 6.97. The van der Waals surface area contributed by atoms with E-state index in [1.165, 1.54) is 0 Å². The van der Waals surface area contributed by atoms with Gasteiger partial charge in [0.1, 0.15) is 11.9 Å². The van der Waals surface area contributed by atoms with Crippen molar-refractivity contribution in [1.29, 1.82) is 0 Å². The van der Waals surface area contributed by atoms with Crippen molar-refractivity contribution in [3.63, 3.8) is 0 Å². The molecule has 0 aromatic rings. The van der Waals surface area contributed by atoms with Crippen LogP contribution in [0.5, 0.6) is 0 Å². The van der Waals surface area contributed by atoms with Crippen LogP contribution >= 0.6 is 0 Å². The van der Waals surface area contributed by atoms with Crippen LogP contribution in [-0.4, -0.2) is 40.4 Å². The van der Waals surface area contributed by atoms with Gasteiger partial charge in [-0.1, -0.05) is 0 Å². The predicted molar refractivity (Wildman–Crippen MR) is 23.8 cm³/mol. The Balaban J connectivity index is 0.